The first kappa shape index (κ1) is 21.8. The first-order chi connectivity index (χ1) is 14.1. The quantitative estimate of drug-likeness (QED) is 0.425. The molecule has 0 N–H and O–H groups in total. The van der Waals surface area contributed by atoms with Gasteiger partial charge in [-0.15, -0.1) is 0 Å². The molecule has 0 atom stereocenters. The number of nitro benzene ring substituents is 1. The van der Waals surface area contributed by atoms with Crippen LogP contribution >= 0.6 is 11.3 Å². The molecule has 11 heteroatoms. The molecule has 0 bridgehead atoms. The summed E-state index contributed by atoms with van der Waals surface area (Å²) >= 11 is 1.20. The molecule has 0 radical (unpaired) electrons. The van der Waals surface area contributed by atoms with Crippen LogP contribution in [-0.2, 0) is 16.6 Å². The van der Waals surface area contributed by atoms with Gasteiger partial charge in [0.25, 0.3) is 11.6 Å². The average Bonchev–Trinajstić information content (AvgIpc) is 3.04. The van der Waals surface area contributed by atoms with E-state index in [0.717, 1.165) is 16.2 Å². The van der Waals surface area contributed by atoms with Gasteiger partial charge in [0.15, 0.2) is 4.80 Å². The minimum absolute atomic E-state index is 0.0250. The van der Waals surface area contributed by atoms with Crippen LogP contribution in [0, 0.1) is 10.1 Å². The summed E-state index contributed by atoms with van der Waals surface area (Å²) in [6.07, 6.45) is 0.793. The van der Waals surface area contributed by atoms with Gasteiger partial charge < -0.3 is 4.57 Å². The van der Waals surface area contributed by atoms with E-state index in [1.165, 1.54) is 61.8 Å². The highest BCUT2D eigenvalue weighted by Gasteiger charge is 2.18. The first-order valence-corrected chi connectivity index (χ1v) is 11.3. The van der Waals surface area contributed by atoms with Crippen LogP contribution < -0.4 is 4.80 Å². The molecule has 0 aliphatic rings. The van der Waals surface area contributed by atoms with Gasteiger partial charge in [0, 0.05) is 38.3 Å². The highest BCUT2D eigenvalue weighted by atomic mass is 32.2. The third-order valence-corrected chi connectivity index (χ3v) is 7.27. The van der Waals surface area contributed by atoms with Gasteiger partial charge in [0.1, 0.15) is 0 Å². The number of aryl methyl sites for hydroxylation is 1. The number of fused-ring (bicyclic) bond motifs is 1. The molecule has 0 unspecified atom stereocenters. The molecule has 1 amide bonds. The maximum absolute atomic E-state index is 12.7. The molecule has 2 aromatic carbocycles. The van der Waals surface area contributed by atoms with E-state index in [0.29, 0.717) is 16.0 Å². The van der Waals surface area contributed by atoms with E-state index in [1.54, 1.807) is 6.07 Å². The number of nitro groups is 1. The van der Waals surface area contributed by atoms with Gasteiger partial charge in [-0.05, 0) is 36.8 Å². The summed E-state index contributed by atoms with van der Waals surface area (Å²) in [5.74, 6) is -0.519. The maximum Gasteiger partial charge on any atom is 0.279 e. The summed E-state index contributed by atoms with van der Waals surface area (Å²) in [7, 11) is -0.721. The summed E-state index contributed by atoms with van der Waals surface area (Å²) in [5.41, 5.74) is 0.994. The number of non-ortho nitro benzene ring substituents is 1. The van der Waals surface area contributed by atoms with Gasteiger partial charge in [-0.2, -0.15) is 4.99 Å². The second-order valence-electron chi connectivity index (χ2n) is 6.67. The standard InChI is InChI=1S/C19H20N4O5S2/c1-4-11-22-16-10-7-14(23(25)26)12-17(16)29-19(22)20-18(24)13-5-8-15(9-6-13)30(27,28)21(2)3/h5-10,12H,4,11H2,1-3H3. The summed E-state index contributed by atoms with van der Waals surface area (Å²) < 4.78 is 27.9. The zero-order valence-corrected chi connectivity index (χ0v) is 18.2. The second kappa shape index (κ2) is 8.46. The van der Waals surface area contributed by atoms with Crippen LogP contribution in [0.1, 0.15) is 23.7 Å². The first-order valence-electron chi connectivity index (χ1n) is 9.04. The number of hydrogen-bond acceptors (Lipinski definition) is 6. The highest BCUT2D eigenvalue weighted by molar-refractivity contribution is 7.89. The molecule has 3 aromatic rings. The molecule has 0 aliphatic heterocycles. The second-order valence-corrected chi connectivity index (χ2v) is 9.84. The number of benzene rings is 2. The summed E-state index contributed by atoms with van der Waals surface area (Å²) in [4.78, 5) is 28.0. The van der Waals surface area contributed by atoms with Crippen molar-refractivity contribution in [1.29, 1.82) is 0 Å². The van der Waals surface area contributed by atoms with Crippen LogP contribution in [0.4, 0.5) is 5.69 Å². The summed E-state index contributed by atoms with van der Waals surface area (Å²) in [6.45, 7) is 2.58. The number of carbonyl (C=O) groups excluding carboxylic acids is 1. The van der Waals surface area contributed by atoms with E-state index >= 15 is 0 Å². The van der Waals surface area contributed by atoms with Crippen molar-refractivity contribution in [3.05, 3.63) is 62.9 Å². The van der Waals surface area contributed by atoms with Gasteiger partial charge in [0.2, 0.25) is 10.0 Å². The molecule has 3 rings (SSSR count). The molecular formula is C19H20N4O5S2. The van der Waals surface area contributed by atoms with Gasteiger partial charge in [-0.25, -0.2) is 12.7 Å². The molecule has 0 spiro atoms. The summed E-state index contributed by atoms with van der Waals surface area (Å²) in [5, 5.41) is 11.0. The minimum atomic E-state index is -3.59. The van der Waals surface area contributed by atoms with Crippen molar-refractivity contribution in [1.82, 2.24) is 8.87 Å². The molecule has 0 saturated carbocycles. The van der Waals surface area contributed by atoms with Crippen LogP contribution in [0.25, 0.3) is 10.2 Å². The average molecular weight is 449 g/mol. The third-order valence-electron chi connectivity index (χ3n) is 4.40. The van der Waals surface area contributed by atoms with Gasteiger partial charge in [-0.3, -0.25) is 14.9 Å². The van der Waals surface area contributed by atoms with Crippen LogP contribution in [0.5, 0.6) is 0 Å². The lowest BCUT2D eigenvalue weighted by atomic mass is 10.2. The predicted molar refractivity (Wildman–Crippen MR) is 114 cm³/mol. The number of nitrogens with zero attached hydrogens (tertiary/aromatic N) is 4. The Kier molecular flexibility index (Phi) is 6.15. The molecule has 1 aromatic heterocycles. The monoisotopic (exact) mass is 448 g/mol. The summed E-state index contributed by atoms with van der Waals surface area (Å²) in [6, 6.07) is 10.1. The lowest BCUT2D eigenvalue weighted by Gasteiger charge is -2.11. The Bertz CT molecular complexity index is 1290. The van der Waals surface area contributed by atoms with Crippen molar-refractivity contribution in [2.75, 3.05) is 14.1 Å². The molecular weight excluding hydrogens is 428 g/mol. The number of aromatic nitrogens is 1. The van der Waals surface area contributed by atoms with Gasteiger partial charge in [0.05, 0.1) is 20.0 Å². The number of hydrogen-bond donors (Lipinski definition) is 0. The number of thiazole rings is 1. The van der Waals surface area contributed by atoms with E-state index in [4.69, 9.17) is 0 Å². The zero-order valence-electron chi connectivity index (χ0n) is 16.6. The van der Waals surface area contributed by atoms with Crippen molar-refractivity contribution in [3.8, 4) is 0 Å². The highest BCUT2D eigenvalue weighted by Crippen LogP contribution is 2.23. The Morgan fingerprint density at radius 1 is 1.20 bits per heavy atom. The van der Waals surface area contributed by atoms with Gasteiger partial charge >= 0.3 is 0 Å². The van der Waals surface area contributed by atoms with Gasteiger partial charge in [-0.1, -0.05) is 18.3 Å². The van der Waals surface area contributed by atoms with E-state index in [2.05, 4.69) is 4.99 Å². The molecule has 1 heterocycles. The number of carbonyl (C=O) groups is 1. The third kappa shape index (κ3) is 4.18. The fraction of sp³-hybridized carbons (Fsp3) is 0.263. The largest absolute Gasteiger partial charge is 0.316 e. The Hall–Kier alpha value is -2.89. The Morgan fingerprint density at radius 3 is 2.43 bits per heavy atom. The number of amides is 1. The minimum Gasteiger partial charge on any atom is -0.316 e. The molecule has 9 nitrogen and oxygen atoms in total. The van der Waals surface area contributed by atoms with E-state index < -0.39 is 20.9 Å². The van der Waals surface area contributed by atoms with Crippen LogP contribution in [0.3, 0.4) is 0 Å². The Labute approximate surface area is 177 Å². The van der Waals surface area contributed by atoms with E-state index in [-0.39, 0.29) is 16.1 Å². The molecule has 0 fully saturated rings. The van der Waals surface area contributed by atoms with Crippen molar-refractivity contribution in [2.45, 2.75) is 24.8 Å². The number of sulfonamides is 1. The normalized spacial score (nSPS) is 12.6. The molecule has 30 heavy (non-hydrogen) atoms. The van der Waals surface area contributed by atoms with Crippen molar-refractivity contribution in [3.63, 3.8) is 0 Å². The van der Waals surface area contributed by atoms with Crippen LogP contribution in [0.15, 0.2) is 52.4 Å². The Morgan fingerprint density at radius 2 is 1.87 bits per heavy atom. The smallest absolute Gasteiger partial charge is 0.279 e. The van der Waals surface area contributed by atoms with Crippen molar-refractivity contribution >= 4 is 43.2 Å². The lowest BCUT2D eigenvalue weighted by Crippen LogP contribution is -2.22. The molecule has 158 valence electrons. The van der Waals surface area contributed by atoms with E-state index in [1.807, 2.05) is 11.5 Å². The molecule has 0 aliphatic carbocycles. The van der Waals surface area contributed by atoms with E-state index in [9.17, 15) is 23.3 Å². The molecule has 0 saturated heterocycles. The van der Waals surface area contributed by atoms with Crippen molar-refractivity contribution < 1.29 is 18.1 Å². The van der Waals surface area contributed by atoms with Crippen molar-refractivity contribution in [2.24, 2.45) is 4.99 Å². The van der Waals surface area contributed by atoms with Crippen LogP contribution in [-0.4, -0.2) is 42.2 Å². The maximum atomic E-state index is 12.7. The fourth-order valence-corrected chi connectivity index (χ4v) is 4.82. The predicted octanol–water partition coefficient (Wildman–Crippen LogP) is 3.01. The SMILES string of the molecule is CCCn1c(=NC(=O)c2ccc(S(=O)(=O)N(C)C)cc2)sc2cc([N+](=O)[O-])ccc21. The Balaban J connectivity index is 2.04. The zero-order chi connectivity index (χ0) is 22.1. The lowest BCUT2D eigenvalue weighted by molar-refractivity contribution is -0.384. The van der Waals surface area contributed by atoms with Crippen LogP contribution in [0.2, 0.25) is 0 Å². The topological polar surface area (TPSA) is 115 Å². The number of rotatable bonds is 6. The fourth-order valence-electron chi connectivity index (χ4n) is 2.83.